The van der Waals surface area contributed by atoms with Crippen LogP contribution in [0.3, 0.4) is 0 Å². The summed E-state index contributed by atoms with van der Waals surface area (Å²) in [6.07, 6.45) is 0. The van der Waals surface area contributed by atoms with Crippen molar-refractivity contribution in [3.05, 3.63) is 50.6 Å². The topological polar surface area (TPSA) is 87.5 Å². The van der Waals surface area contributed by atoms with Crippen molar-refractivity contribution in [1.82, 2.24) is 9.55 Å². The molecule has 176 valence electrons. The molecule has 9 heteroatoms. The zero-order chi connectivity index (χ0) is 24.3. The minimum Gasteiger partial charge on any atom is -0.497 e. The van der Waals surface area contributed by atoms with Gasteiger partial charge in [-0.2, -0.15) is 0 Å². The summed E-state index contributed by atoms with van der Waals surface area (Å²) >= 11 is 2.39. The lowest BCUT2D eigenvalue weighted by Crippen LogP contribution is -2.26. The minimum atomic E-state index is -0.491. The minimum absolute atomic E-state index is 0.0624. The van der Waals surface area contributed by atoms with E-state index in [9.17, 15) is 14.4 Å². The maximum absolute atomic E-state index is 13.6. The zero-order valence-electron chi connectivity index (χ0n) is 19.7. The Morgan fingerprint density at radius 3 is 2.42 bits per heavy atom. The van der Waals surface area contributed by atoms with Gasteiger partial charge in [0.05, 0.1) is 31.4 Å². The first-order chi connectivity index (χ1) is 15.6. The van der Waals surface area contributed by atoms with E-state index in [0.29, 0.717) is 25.8 Å². The van der Waals surface area contributed by atoms with Crippen LogP contribution < -0.4 is 10.3 Å². The van der Waals surface area contributed by atoms with Crippen LogP contribution in [0, 0.1) is 12.3 Å². The van der Waals surface area contributed by atoms with Gasteiger partial charge in [-0.1, -0.05) is 44.7 Å². The molecule has 0 aliphatic rings. The van der Waals surface area contributed by atoms with Gasteiger partial charge in [-0.25, -0.2) is 9.78 Å². The number of nitrogens with zero attached hydrogens (tertiary/aromatic N) is 2. The highest BCUT2D eigenvalue weighted by Crippen LogP contribution is 2.31. The standard InChI is InChI=1S/C24H28N2O5S2/c1-7-31-22(29)19-14(2)18-20(33-19)25-23(32-13-17(27)24(3,4)5)26(21(18)28)12-15-8-10-16(30-6)11-9-15/h8-11H,7,12-13H2,1-6H3. The first kappa shape index (κ1) is 25.0. The van der Waals surface area contributed by atoms with Crippen LogP contribution in [0.4, 0.5) is 0 Å². The Balaban J connectivity index is 2.11. The molecular formula is C24H28N2O5S2. The number of esters is 1. The van der Waals surface area contributed by atoms with Crippen LogP contribution >= 0.6 is 23.1 Å². The monoisotopic (exact) mass is 488 g/mol. The third kappa shape index (κ3) is 5.47. The van der Waals surface area contributed by atoms with Gasteiger partial charge in [0.2, 0.25) is 0 Å². The Hall–Kier alpha value is -2.65. The lowest BCUT2D eigenvalue weighted by Gasteiger charge is -2.17. The smallest absolute Gasteiger partial charge is 0.348 e. The fourth-order valence-electron chi connectivity index (χ4n) is 3.10. The highest BCUT2D eigenvalue weighted by molar-refractivity contribution is 7.99. The molecule has 3 aromatic rings. The number of hydrogen-bond acceptors (Lipinski definition) is 8. The first-order valence-corrected chi connectivity index (χ1v) is 12.4. The summed E-state index contributed by atoms with van der Waals surface area (Å²) in [5.74, 6) is 0.514. The van der Waals surface area contributed by atoms with Crippen LogP contribution in [0.15, 0.2) is 34.2 Å². The first-order valence-electron chi connectivity index (χ1n) is 10.6. The van der Waals surface area contributed by atoms with E-state index in [1.807, 2.05) is 45.0 Å². The van der Waals surface area contributed by atoms with Crippen molar-refractivity contribution >= 4 is 45.1 Å². The molecule has 1 aromatic carbocycles. The molecular weight excluding hydrogens is 460 g/mol. The molecule has 0 fully saturated rings. The van der Waals surface area contributed by atoms with Crippen molar-refractivity contribution in [2.45, 2.75) is 46.3 Å². The molecule has 7 nitrogen and oxygen atoms in total. The third-order valence-corrected chi connectivity index (χ3v) is 7.29. The number of aromatic nitrogens is 2. The molecule has 0 atom stereocenters. The average molecular weight is 489 g/mol. The van der Waals surface area contributed by atoms with E-state index in [1.165, 1.54) is 11.8 Å². The maximum atomic E-state index is 13.6. The molecule has 0 amide bonds. The quantitative estimate of drug-likeness (QED) is 0.258. The van der Waals surface area contributed by atoms with Crippen molar-refractivity contribution in [2.24, 2.45) is 5.41 Å². The number of carbonyl (C=O) groups excluding carboxylic acids is 2. The number of Topliss-reactive ketones (excluding diaryl/α,β-unsaturated/α-hetero) is 1. The molecule has 33 heavy (non-hydrogen) atoms. The molecule has 0 radical (unpaired) electrons. The van der Waals surface area contributed by atoms with Crippen LogP contribution in [-0.4, -0.2) is 40.8 Å². The second-order valence-electron chi connectivity index (χ2n) is 8.55. The number of benzene rings is 1. The number of aryl methyl sites for hydroxylation is 1. The van der Waals surface area contributed by atoms with Gasteiger partial charge in [-0.3, -0.25) is 14.2 Å². The molecule has 0 aliphatic heterocycles. The second kappa shape index (κ2) is 10.1. The maximum Gasteiger partial charge on any atom is 0.348 e. The molecule has 2 heterocycles. The number of thioether (sulfide) groups is 1. The number of hydrogen-bond donors (Lipinski definition) is 0. The van der Waals surface area contributed by atoms with Gasteiger partial charge in [-0.05, 0) is 37.1 Å². The molecule has 2 aromatic heterocycles. The van der Waals surface area contributed by atoms with Crippen LogP contribution in [0.5, 0.6) is 5.75 Å². The predicted octanol–water partition coefficient (Wildman–Crippen LogP) is 4.71. The fraction of sp³-hybridized carbons (Fsp3) is 0.417. The number of rotatable bonds is 8. The van der Waals surface area contributed by atoms with E-state index in [-0.39, 0.29) is 30.2 Å². The van der Waals surface area contributed by atoms with Crippen LogP contribution in [0.25, 0.3) is 10.2 Å². The van der Waals surface area contributed by atoms with E-state index in [4.69, 9.17) is 14.5 Å². The number of fused-ring (bicyclic) bond motifs is 1. The van der Waals surface area contributed by atoms with Gasteiger partial charge in [0.1, 0.15) is 21.2 Å². The summed E-state index contributed by atoms with van der Waals surface area (Å²) in [4.78, 5) is 44.1. The van der Waals surface area contributed by atoms with Crippen LogP contribution in [0.1, 0.15) is 48.5 Å². The van der Waals surface area contributed by atoms with Crippen molar-refractivity contribution < 1.29 is 19.1 Å². The highest BCUT2D eigenvalue weighted by Gasteiger charge is 2.25. The summed E-state index contributed by atoms with van der Waals surface area (Å²) in [6.45, 7) is 9.60. The van der Waals surface area contributed by atoms with Crippen molar-refractivity contribution in [3.63, 3.8) is 0 Å². The second-order valence-corrected chi connectivity index (χ2v) is 10.5. The fourth-order valence-corrected chi connectivity index (χ4v) is 5.37. The van der Waals surface area contributed by atoms with E-state index in [2.05, 4.69) is 0 Å². The Morgan fingerprint density at radius 1 is 1.18 bits per heavy atom. The van der Waals surface area contributed by atoms with Gasteiger partial charge in [0.25, 0.3) is 5.56 Å². The predicted molar refractivity (Wildman–Crippen MR) is 132 cm³/mol. The lowest BCUT2D eigenvalue weighted by atomic mass is 9.92. The zero-order valence-corrected chi connectivity index (χ0v) is 21.3. The summed E-state index contributed by atoms with van der Waals surface area (Å²) in [7, 11) is 1.60. The summed E-state index contributed by atoms with van der Waals surface area (Å²) in [5, 5.41) is 0.848. The van der Waals surface area contributed by atoms with Crippen LogP contribution in [0.2, 0.25) is 0 Å². The Kier molecular flexibility index (Phi) is 7.64. The van der Waals surface area contributed by atoms with Crippen molar-refractivity contribution in [1.29, 1.82) is 0 Å². The van der Waals surface area contributed by atoms with Gasteiger partial charge < -0.3 is 9.47 Å². The van der Waals surface area contributed by atoms with Gasteiger partial charge >= 0.3 is 5.97 Å². The largest absolute Gasteiger partial charge is 0.497 e. The number of ketones is 1. The third-order valence-electron chi connectivity index (χ3n) is 5.14. The molecule has 0 bridgehead atoms. The summed E-state index contributed by atoms with van der Waals surface area (Å²) in [6, 6.07) is 7.43. The number of thiophene rings is 1. The molecule has 0 N–H and O–H groups in total. The van der Waals surface area contributed by atoms with Gasteiger partial charge in [0, 0.05) is 5.41 Å². The number of carbonyl (C=O) groups is 2. The number of methoxy groups -OCH3 is 1. The highest BCUT2D eigenvalue weighted by atomic mass is 32.2. The van der Waals surface area contributed by atoms with Gasteiger partial charge in [-0.15, -0.1) is 11.3 Å². The summed E-state index contributed by atoms with van der Waals surface area (Å²) < 4.78 is 11.9. The molecule has 0 saturated heterocycles. The summed E-state index contributed by atoms with van der Waals surface area (Å²) in [5.41, 5.74) is 0.721. The molecule has 0 aliphatic carbocycles. The van der Waals surface area contributed by atoms with E-state index in [1.54, 1.807) is 25.5 Å². The Labute approximate surface area is 201 Å². The normalized spacial score (nSPS) is 11.6. The molecule has 0 saturated carbocycles. The van der Waals surface area contributed by atoms with Crippen LogP contribution in [-0.2, 0) is 16.1 Å². The molecule has 3 rings (SSSR count). The van der Waals surface area contributed by atoms with E-state index in [0.717, 1.165) is 22.6 Å². The van der Waals surface area contributed by atoms with Crippen molar-refractivity contribution in [2.75, 3.05) is 19.5 Å². The van der Waals surface area contributed by atoms with E-state index >= 15 is 0 Å². The lowest BCUT2D eigenvalue weighted by molar-refractivity contribution is -0.123. The number of ether oxygens (including phenoxy) is 2. The molecule has 0 unspecified atom stereocenters. The van der Waals surface area contributed by atoms with Crippen molar-refractivity contribution in [3.8, 4) is 5.75 Å². The molecule has 0 spiro atoms. The average Bonchev–Trinajstić information content (AvgIpc) is 3.10. The Morgan fingerprint density at radius 2 is 1.85 bits per heavy atom. The Bertz CT molecular complexity index is 1240. The van der Waals surface area contributed by atoms with Gasteiger partial charge in [0.15, 0.2) is 5.16 Å². The van der Waals surface area contributed by atoms with E-state index < -0.39 is 11.4 Å². The SMILES string of the molecule is CCOC(=O)c1sc2nc(SCC(=O)C(C)(C)C)n(Cc3ccc(OC)cc3)c(=O)c2c1C.